The normalized spacial score (nSPS) is 18.5. The second kappa shape index (κ2) is 7.05. The van der Waals surface area contributed by atoms with Gasteiger partial charge in [0.2, 0.25) is 0 Å². The summed E-state index contributed by atoms with van der Waals surface area (Å²) in [4.78, 5) is 13.7. The molecule has 5 heteroatoms. The Morgan fingerprint density at radius 2 is 2.23 bits per heavy atom. The molecule has 1 aromatic heterocycles. The van der Waals surface area contributed by atoms with Crippen molar-refractivity contribution in [2.24, 2.45) is 0 Å². The zero-order chi connectivity index (χ0) is 15.4. The van der Waals surface area contributed by atoms with E-state index >= 15 is 0 Å². The molecule has 2 unspecified atom stereocenters. The Morgan fingerprint density at radius 1 is 1.36 bits per heavy atom. The second-order valence-corrected chi connectivity index (χ2v) is 6.27. The molecule has 0 spiro atoms. The van der Waals surface area contributed by atoms with Crippen LogP contribution in [0.1, 0.15) is 34.6 Å². The van der Waals surface area contributed by atoms with Gasteiger partial charge in [-0.15, -0.1) is 11.3 Å². The number of carbonyl (C=O) groups is 1. The zero-order valence-corrected chi connectivity index (χ0v) is 13.0. The number of nitrogens with one attached hydrogen (secondary N) is 1. The number of aliphatic hydroxyl groups excluding tert-OH is 1. The highest BCUT2D eigenvalue weighted by atomic mass is 32.1. The number of carbonyl (C=O) groups excluding carboxylic acids is 1. The van der Waals surface area contributed by atoms with Gasteiger partial charge in [0.05, 0.1) is 12.6 Å². The van der Waals surface area contributed by atoms with Crippen LogP contribution in [0, 0.1) is 0 Å². The minimum absolute atomic E-state index is 0.0327. The van der Waals surface area contributed by atoms with E-state index in [1.807, 2.05) is 41.8 Å². The fourth-order valence-corrected chi connectivity index (χ4v) is 3.58. The Balaban J connectivity index is 1.77. The number of benzene rings is 1. The van der Waals surface area contributed by atoms with Crippen molar-refractivity contribution >= 4 is 17.2 Å². The van der Waals surface area contributed by atoms with Crippen LogP contribution in [0.5, 0.6) is 0 Å². The van der Waals surface area contributed by atoms with E-state index in [1.165, 1.54) is 5.56 Å². The Morgan fingerprint density at radius 3 is 3.00 bits per heavy atom. The minimum atomic E-state index is -0.564. The van der Waals surface area contributed by atoms with Gasteiger partial charge >= 0.3 is 0 Å². The van der Waals surface area contributed by atoms with Crippen LogP contribution in [0.4, 0.5) is 0 Å². The van der Waals surface area contributed by atoms with Gasteiger partial charge in [0.15, 0.2) is 6.10 Å². The van der Waals surface area contributed by atoms with E-state index < -0.39 is 6.10 Å². The summed E-state index contributed by atoms with van der Waals surface area (Å²) in [5.74, 6) is -0.140. The fraction of sp³-hybridized carbons (Fsp3) is 0.353. The molecule has 1 aromatic carbocycles. The van der Waals surface area contributed by atoms with Crippen molar-refractivity contribution in [3.05, 3.63) is 57.8 Å². The lowest BCUT2D eigenvalue weighted by atomic mass is 9.97. The number of rotatable bonds is 5. The maximum absolute atomic E-state index is 12.6. The van der Waals surface area contributed by atoms with Crippen LogP contribution in [-0.2, 0) is 16.0 Å². The van der Waals surface area contributed by atoms with Crippen molar-refractivity contribution in [3.63, 3.8) is 0 Å². The summed E-state index contributed by atoms with van der Waals surface area (Å²) >= 11 is 1.58. The Labute approximate surface area is 133 Å². The third-order valence-electron chi connectivity index (χ3n) is 3.85. The van der Waals surface area contributed by atoms with Crippen molar-refractivity contribution in [1.29, 1.82) is 0 Å². The van der Waals surface area contributed by atoms with Gasteiger partial charge in [0.25, 0.3) is 5.91 Å². The molecule has 116 valence electrons. The Kier molecular flexibility index (Phi) is 4.87. The number of hydrogen-bond donors (Lipinski definition) is 2. The van der Waals surface area contributed by atoms with E-state index in [9.17, 15) is 9.90 Å². The summed E-state index contributed by atoms with van der Waals surface area (Å²) in [6, 6.07) is 11.7. The van der Waals surface area contributed by atoms with Crippen LogP contribution < -0.4 is 5.32 Å². The Hall–Kier alpha value is -1.69. The summed E-state index contributed by atoms with van der Waals surface area (Å²) in [6.45, 7) is 0.587. The standard InChI is InChI=1S/C17H19NO3S/c19-9-7-14(15-6-3-11-22-15)18-17(20)16-13-5-2-1-4-12(13)8-10-21-16/h1-6,11,14,16,19H,7-10H2,(H,18,20). The third kappa shape index (κ3) is 3.21. The van der Waals surface area contributed by atoms with Crippen LogP contribution >= 0.6 is 11.3 Å². The molecule has 2 N–H and O–H groups in total. The molecule has 0 radical (unpaired) electrons. The fourth-order valence-electron chi connectivity index (χ4n) is 2.76. The molecule has 3 rings (SSSR count). The SMILES string of the molecule is O=C(NC(CCO)c1cccs1)C1OCCc2ccccc21. The predicted molar refractivity (Wildman–Crippen MR) is 85.7 cm³/mol. The molecule has 1 aliphatic heterocycles. The van der Waals surface area contributed by atoms with Crippen LogP contribution in [0.2, 0.25) is 0 Å². The van der Waals surface area contributed by atoms with Crippen molar-refractivity contribution in [2.75, 3.05) is 13.2 Å². The van der Waals surface area contributed by atoms with Crippen LogP contribution in [0.25, 0.3) is 0 Å². The van der Waals surface area contributed by atoms with E-state index in [2.05, 4.69) is 5.32 Å². The number of hydrogen-bond acceptors (Lipinski definition) is 4. The zero-order valence-electron chi connectivity index (χ0n) is 12.2. The topological polar surface area (TPSA) is 58.6 Å². The molecule has 0 aliphatic carbocycles. The van der Waals surface area contributed by atoms with E-state index in [0.29, 0.717) is 13.0 Å². The molecule has 1 amide bonds. The van der Waals surface area contributed by atoms with E-state index in [0.717, 1.165) is 16.9 Å². The largest absolute Gasteiger partial charge is 0.396 e. The smallest absolute Gasteiger partial charge is 0.254 e. The predicted octanol–water partition coefficient (Wildman–Crippen LogP) is 2.60. The lowest BCUT2D eigenvalue weighted by Crippen LogP contribution is -2.36. The van der Waals surface area contributed by atoms with Gasteiger partial charge in [-0.2, -0.15) is 0 Å². The molecule has 4 nitrogen and oxygen atoms in total. The first-order chi connectivity index (χ1) is 10.8. The maximum atomic E-state index is 12.6. The summed E-state index contributed by atoms with van der Waals surface area (Å²) in [5, 5.41) is 14.2. The molecule has 2 aromatic rings. The first-order valence-electron chi connectivity index (χ1n) is 7.43. The molecule has 1 aliphatic rings. The molecule has 0 bridgehead atoms. The lowest BCUT2D eigenvalue weighted by Gasteiger charge is -2.27. The molecular formula is C17H19NO3S. The quantitative estimate of drug-likeness (QED) is 0.891. The summed E-state index contributed by atoms with van der Waals surface area (Å²) in [7, 11) is 0. The van der Waals surface area contributed by atoms with Gasteiger partial charge in [-0.1, -0.05) is 30.3 Å². The number of aliphatic hydroxyl groups is 1. The van der Waals surface area contributed by atoms with Crippen LogP contribution in [-0.4, -0.2) is 24.2 Å². The lowest BCUT2D eigenvalue weighted by molar-refractivity contribution is -0.135. The highest BCUT2D eigenvalue weighted by molar-refractivity contribution is 7.10. The first-order valence-corrected chi connectivity index (χ1v) is 8.31. The molecule has 0 saturated carbocycles. The van der Waals surface area contributed by atoms with E-state index in [1.54, 1.807) is 11.3 Å². The number of amides is 1. The molecule has 22 heavy (non-hydrogen) atoms. The van der Waals surface area contributed by atoms with Gasteiger partial charge in [-0.3, -0.25) is 4.79 Å². The van der Waals surface area contributed by atoms with Crippen molar-refractivity contribution in [2.45, 2.75) is 25.0 Å². The highest BCUT2D eigenvalue weighted by Gasteiger charge is 2.29. The molecular weight excluding hydrogens is 298 g/mol. The monoisotopic (exact) mass is 317 g/mol. The molecule has 2 atom stereocenters. The van der Waals surface area contributed by atoms with Crippen LogP contribution in [0.3, 0.4) is 0 Å². The summed E-state index contributed by atoms with van der Waals surface area (Å²) in [6.07, 6.45) is 0.775. The van der Waals surface area contributed by atoms with E-state index in [-0.39, 0.29) is 18.6 Å². The summed E-state index contributed by atoms with van der Waals surface area (Å²) in [5.41, 5.74) is 2.11. The Bertz CT molecular complexity index is 627. The van der Waals surface area contributed by atoms with Gasteiger partial charge < -0.3 is 15.2 Å². The van der Waals surface area contributed by atoms with Crippen molar-refractivity contribution < 1.29 is 14.6 Å². The van der Waals surface area contributed by atoms with E-state index in [4.69, 9.17) is 4.74 Å². The van der Waals surface area contributed by atoms with Gasteiger partial charge in [0.1, 0.15) is 0 Å². The van der Waals surface area contributed by atoms with Crippen molar-refractivity contribution in [3.8, 4) is 0 Å². The highest BCUT2D eigenvalue weighted by Crippen LogP contribution is 2.29. The average molecular weight is 317 g/mol. The van der Waals surface area contributed by atoms with Gasteiger partial charge in [0, 0.05) is 11.5 Å². The van der Waals surface area contributed by atoms with Gasteiger partial charge in [-0.25, -0.2) is 0 Å². The minimum Gasteiger partial charge on any atom is -0.396 e. The number of ether oxygens (including phenoxy) is 1. The number of fused-ring (bicyclic) bond motifs is 1. The molecule has 0 saturated heterocycles. The second-order valence-electron chi connectivity index (χ2n) is 5.29. The van der Waals surface area contributed by atoms with Crippen molar-refractivity contribution in [1.82, 2.24) is 5.32 Å². The van der Waals surface area contributed by atoms with Gasteiger partial charge in [-0.05, 0) is 35.4 Å². The number of thiophene rings is 1. The summed E-state index contributed by atoms with van der Waals surface area (Å²) < 4.78 is 5.69. The van der Waals surface area contributed by atoms with Crippen LogP contribution in [0.15, 0.2) is 41.8 Å². The average Bonchev–Trinajstić information content (AvgIpc) is 3.08. The first kappa shape index (κ1) is 15.2. The molecule has 0 fully saturated rings. The maximum Gasteiger partial charge on any atom is 0.254 e. The third-order valence-corrected chi connectivity index (χ3v) is 4.84. The molecule has 2 heterocycles.